The van der Waals surface area contributed by atoms with Gasteiger partial charge in [-0.25, -0.2) is 0 Å². The Balaban J connectivity index is 0.000000552. The first-order valence-electron chi connectivity index (χ1n) is 8.00. The molecular weight excluding hydrogens is 348 g/mol. The monoisotopic (exact) mass is 366 g/mol. The molecule has 0 unspecified atom stereocenters. The van der Waals surface area contributed by atoms with Gasteiger partial charge in [0.15, 0.2) is 0 Å². The molecule has 0 fully saturated rings. The van der Waals surface area contributed by atoms with Crippen LogP contribution < -0.4 is 0 Å². The first-order valence-corrected chi connectivity index (χ1v) is 8.38. The Bertz CT molecular complexity index is 910. The predicted molar refractivity (Wildman–Crippen MR) is 105 cm³/mol. The fourth-order valence-corrected chi connectivity index (χ4v) is 2.62. The molecule has 4 heteroatoms. The van der Waals surface area contributed by atoms with E-state index < -0.39 is 5.97 Å². The topological polar surface area (TPSA) is 46.5 Å². The molecule has 0 bridgehead atoms. The second-order valence-corrected chi connectivity index (χ2v) is 5.94. The molecule has 0 atom stereocenters. The third-order valence-corrected chi connectivity index (χ3v) is 3.85. The van der Waals surface area contributed by atoms with Crippen LogP contribution in [0.2, 0.25) is 5.02 Å². The smallest absolute Gasteiger partial charge is 0.300 e. The number of aliphatic carboxylic acids is 1. The predicted octanol–water partition coefficient (Wildman–Crippen LogP) is 4.93. The van der Waals surface area contributed by atoms with Crippen molar-refractivity contribution in [2.24, 2.45) is 0 Å². The number of carboxylic acids is 1. The molecule has 0 saturated carbocycles. The van der Waals surface area contributed by atoms with Gasteiger partial charge in [-0.3, -0.25) is 4.79 Å². The highest BCUT2D eigenvalue weighted by Crippen LogP contribution is 2.27. The van der Waals surface area contributed by atoms with E-state index in [4.69, 9.17) is 26.2 Å². The zero-order valence-corrected chi connectivity index (χ0v) is 15.4. The number of hydrogen-bond donors (Lipinski definition) is 1. The highest BCUT2D eigenvalue weighted by Gasteiger charge is 2.10. The van der Waals surface area contributed by atoms with Crippen molar-refractivity contribution in [2.75, 3.05) is 7.11 Å². The lowest BCUT2D eigenvalue weighted by Crippen LogP contribution is -1.97. The zero-order valence-electron chi connectivity index (χ0n) is 14.6. The van der Waals surface area contributed by atoms with Crippen LogP contribution in [0.3, 0.4) is 0 Å². The molecule has 3 nitrogen and oxygen atoms in total. The minimum absolute atomic E-state index is 0.677. The van der Waals surface area contributed by atoms with Crippen molar-refractivity contribution in [3.8, 4) is 11.8 Å². The van der Waals surface area contributed by atoms with Crippen LogP contribution in [-0.4, -0.2) is 18.2 Å². The summed E-state index contributed by atoms with van der Waals surface area (Å²) in [5, 5.41) is 8.09. The van der Waals surface area contributed by atoms with Crippen LogP contribution in [0, 0.1) is 11.8 Å². The number of allylic oxidation sites excluding steroid dienone is 3. The molecule has 1 N–H and O–H groups in total. The first kappa shape index (κ1) is 19.4. The Hall–Kier alpha value is -2.96. The second-order valence-electron chi connectivity index (χ2n) is 5.54. The maximum Gasteiger partial charge on any atom is 0.300 e. The lowest BCUT2D eigenvalue weighted by atomic mass is 9.91. The van der Waals surface area contributed by atoms with Crippen LogP contribution in [0.25, 0.3) is 5.57 Å². The molecule has 2 aromatic carbocycles. The summed E-state index contributed by atoms with van der Waals surface area (Å²) in [5.41, 5.74) is 5.35. The van der Waals surface area contributed by atoms with E-state index >= 15 is 0 Å². The van der Waals surface area contributed by atoms with Gasteiger partial charge in [-0.15, -0.1) is 0 Å². The molecule has 3 rings (SSSR count). The van der Waals surface area contributed by atoms with E-state index in [1.807, 2.05) is 30.3 Å². The number of carbonyl (C=O) groups is 1. The van der Waals surface area contributed by atoms with Gasteiger partial charge in [0.25, 0.3) is 5.97 Å². The van der Waals surface area contributed by atoms with Gasteiger partial charge in [-0.1, -0.05) is 53.8 Å². The molecule has 2 aromatic rings. The van der Waals surface area contributed by atoms with E-state index in [1.165, 1.54) is 11.1 Å². The number of benzene rings is 2. The normalized spacial score (nSPS) is 13.0. The number of ether oxygens (including phenoxy) is 1. The van der Waals surface area contributed by atoms with E-state index in [1.54, 1.807) is 13.4 Å². The minimum Gasteiger partial charge on any atom is -0.504 e. The molecule has 0 amide bonds. The summed E-state index contributed by atoms with van der Waals surface area (Å²) in [6, 6.07) is 13.9. The Morgan fingerprint density at radius 2 is 1.96 bits per heavy atom. The lowest BCUT2D eigenvalue weighted by Gasteiger charge is -2.14. The Morgan fingerprint density at radius 1 is 1.23 bits per heavy atom. The molecule has 0 spiro atoms. The zero-order chi connectivity index (χ0) is 18.9. The molecule has 26 heavy (non-hydrogen) atoms. The van der Waals surface area contributed by atoms with Crippen LogP contribution >= 0.6 is 11.6 Å². The van der Waals surface area contributed by atoms with E-state index in [9.17, 15) is 0 Å². The molecule has 1 aliphatic rings. The van der Waals surface area contributed by atoms with Gasteiger partial charge in [0.2, 0.25) is 0 Å². The molecule has 0 radical (unpaired) electrons. The summed E-state index contributed by atoms with van der Waals surface area (Å²) in [7, 11) is 1.66. The minimum atomic E-state index is -0.833. The summed E-state index contributed by atoms with van der Waals surface area (Å²) < 4.78 is 5.16. The van der Waals surface area contributed by atoms with Crippen molar-refractivity contribution in [1.29, 1.82) is 0 Å². The van der Waals surface area contributed by atoms with Crippen LogP contribution in [-0.2, 0) is 16.0 Å². The van der Waals surface area contributed by atoms with Crippen molar-refractivity contribution in [3.05, 3.63) is 88.2 Å². The summed E-state index contributed by atoms with van der Waals surface area (Å²) in [6.45, 7) is 1.08. The van der Waals surface area contributed by atoms with Gasteiger partial charge in [0.05, 0.1) is 18.4 Å². The van der Waals surface area contributed by atoms with Gasteiger partial charge < -0.3 is 9.84 Å². The number of methoxy groups -OCH3 is 1. The number of carboxylic acid groups (broad SMARTS) is 1. The van der Waals surface area contributed by atoms with Gasteiger partial charge in [0, 0.05) is 23.6 Å². The van der Waals surface area contributed by atoms with Crippen molar-refractivity contribution < 1.29 is 14.6 Å². The number of halogens is 1. The largest absolute Gasteiger partial charge is 0.504 e. The van der Waals surface area contributed by atoms with Gasteiger partial charge in [-0.2, -0.15) is 0 Å². The lowest BCUT2D eigenvalue weighted by molar-refractivity contribution is -0.134. The highest BCUT2D eigenvalue weighted by atomic mass is 35.5. The van der Waals surface area contributed by atoms with Crippen LogP contribution in [0.1, 0.15) is 29.2 Å². The van der Waals surface area contributed by atoms with Crippen molar-refractivity contribution in [1.82, 2.24) is 0 Å². The second kappa shape index (κ2) is 9.50. The summed E-state index contributed by atoms with van der Waals surface area (Å²) in [4.78, 5) is 9.00. The van der Waals surface area contributed by atoms with Crippen LogP contribution in [0.4, 0.5) is 0 Å². The van der Waals surface area contributed by atoms with Crippen LogP contribution in [0.5, 0.6) is 0 Å². The third kappa shape index (κ3) is 5.54. The fourth-order valence-electron chi connectivity index (χ4n) is 2.44. The Kier molecular flexibility index (Phi) is 7.08. The van der Waals surface area contributed by atoms with E-state index in [-0.39, 0.29) is 0 Å². The van der Waals surface area contributed by atoms with E-state index in [2.05, 4.69) is 36.1 Å². The van der Waals surface area contributed by atoms with Crippen molar-refractivity contribution in [2.45, 2.75) is 13.3 Å². The maximum atomic E-state index is 9.00. The summed E-state index contributed by atoms with van der Waals surface area (Å²) >= 11 is 6.13. The number of fused-ring (bicyclic) bond motifs is 1. The van der Waals surface area contributed by atoms with Gasteiger partial charge >= 0.3 is 0 Å². The van der Waals surface area contributed by atoms with Gasteiger partial charge in [0.1, 0.15) is 0 Å². The number of rotatable bonds is 1. The van der Waals surface area contributed by atoms with E-state index in [0.29, 0.717) is 5.02 Å². The van der Waals surface area contributed by atoms with Crippen molar-refractivity contribution >= 4 is 23.1 Å². The number of hydrogen-bond acceptors (Lipinski definition) is 2. The third-order valence-electron chi connectivity index (χ3n) is 3.52. The van der Waals surface area contributed by atoms with Crippen molar-refractivity contribution in [3.63, 3.8) is 0 Å². The van der Waals surface area contributed by atoms with E-state index in [0.717, 1.165) is 30.0 Å². The molecular formula is C22H19ClO3. The quantitative estimate of drug-likeness (QED) is 0.575. The van der Waals surface area contributed by atoms with Crippen LogP contribution in [0.15, 0.2) is 60.9 Å². The average Bonchev–Trinajstić information content (AvgIpc) is 2.61. The Labute approximate surface area is 158 Å². The standard InChI is InChI=1S/C20H15ClO.C2H4O2/c1-22-14-18-7-4-6-16-11-9-15(13-19(16)18)10-12-17-5-2-3-8-20(17)21;1-2(3)4/h2-5,7-9,11,13-14H,6H2,1H3;1H3,(H,3,4). The highest BCUT2D eigenvalue weighted by molar-refractivity contribution is 6.31. The average molecular weight is 367 g/mol. The Morgan fingerprint density at radius 3 is 2.65 bits per heavy atom. The SMILES string of the molecule is CC(=O)O.COC=C1C=CCc2ccc(C#Cc3ccccc3Cl)cc21. The molecule has 0 heterocycles. The van der Waals surface area contributed by atoms with Gasteiger partial charge in [-0.05, 0) is 41.8 Å². The molecule has 0 saturated heterocycles. The summed E-state index contributed by atoms with van der Waals surface area (Å²) in [6.07, 6.45) is 6.92. The molecule has 0 aromatic heterocycles. The molecule has 1 aliphatic carbocycles. The summed E-state index contributed by atoms with van der Waals surface area (Å²) in [5.74, 6) is 5.49. The maximum absolute atomic E-state index is 9.00. The first-order chi connectivity index (χ1) is 12.5. The fraction of sp³-hybridized carbons (Fsp3) is 0.136. The molecule has 0 aliphatic heterocycles. The molecule has 132 valence electrons.